The van der Waals surface area contributed by atoms with Gasteiger partial charge < -0.3 is 10.2 Å². The van der Waals surface area contributed by atoms with Gasteiger partial charge in [0.15, 0.2) is 0 Å². The zero-order chi connectivity index (χ0) is 15.9. The van der Waals surface area contributed by atoms with Crippen molar-refractivity contribution in [1.29, 1.82) is 0 Å². The summed E-state index contributed by atoms with van der Waals surface area (Å²) < 4.78 is 13.4. The van der Waals surface area contributed by atoms with Crippen molar-refractivity contribution in [2.75, 3.05) is 40.3 Å². The quantitative estimate of drug-likeness (QED) is 0.873. The third-order valence-corrected chi connectivity index (χ3v) is 4.11. The Labute approximate surface area is 132 Å². The van der Waals surface area contributed by atoms with E-state index in [2.05, 4.69) is 10.2 Å². The van der Waals surface area contributed by atoms with E-state index in [-0.39, 0.29) is 11.7 Å². The van der Waals surface area contributed by atoms with Crippen LogP contribution in [-0.2, 0) is 4.79 Å². The molecule has 1 fully saturated rings. The fourth-order valence-electron chi connectivity index (χ4n) is 2.98. The van der Waals surface area contributed by atoms with E-state index in [1.165, 1.54) is 31.4 Å². The number of hydrogen-bond donors (Lipinski definition) is 1. The lowest BCUT2D eigenvalue weighted by atomic mass is 10.1. The first-order valence-corrected chi connectivity index (χ1v) is 8.00. The molecule has 2 rings (SSSR count). The first-order valence-electron chi connectivity index (χ1n) is 8.00. The molecular weight excluding hydrogens is 281 g/mol. The highest BCUT2D eigenvalue weighted by molar-refractivity contribution is 5.83. The van der Waals surface area contributed by atoms with Crippen molar-refractivity contribution >= 4 is 5.91 Å². The molecular formula is C17H26FN3O. The van der Waals surface area contributed by atoms with E-state index >= 15 is 0 Å². The molecule has 1 amide bonds. The molecule has 0 aromatic heterocycles. The molecule has 4 nitrogen and oxygen atoms in total. The van der Waals surface area contributed by atoms with Crippen LogP contribution in [0.25, 0.3) is 0 Å². The van der Waals surface area contributed by atoms with Crippen LogP contribution < -0.4 is 5.32 Å². The Kier molecular flexibility index (Phi) is 6.34. The molecule has 122 valence electrons. The maximum atomic E-state index is 13.4. The number of piperidine rings is 1. The summed E-state index contributed by atoms with van der Waals surface area (Å²) in [4.78, 5) is 16.6. The Morgan fingerprint density at radius 3 is 2.68 bits per heavy atom. The van der Waals surface area contributed by atoms with E-state index in [0.717, 1.165) is 19.6 Å². The zero-order valence-electron chi connectivity index (χ0n) is 13.5. The number of carbonyl (C=O) groups excluding carboxylic acids is 1. The Morgan fingerprint density at radius 1 is 1.32 bits per heavy atom. The van der Waals surface area contributed by atoms with Crippen LogP contribution in [0.15, 0.2) is 24.3 Å². The van der Waals surface area contributed by atoms with Gasteiger partial charge in [-0.15, -0.1) is 0 Å². The molecule has 1 saturated heterocycles. The van der Waals surface area contributed by atoms with Crippen molar-refractivity contribution in [2.24, 2.45) is 0 Å². The van der Waals surface area contributed by atoms with E-state index in [1.807, 2.05) is 19.0 Å². The van der Waals surface area contributed by atoms with Gasteiger partial charge in [0.25, 0.3) is 0 Å². The van der Waals surface area contributed by atoms with Crippen molar-refractivity contribution < 1.29 is 9.18 Å². The predicted molar refractivity (Wildman–Crippen MR) is 86.1 cm³/mol. The third kappa shape index (κ3) is 4.78. The minimum Gasteiger partial charge on any atom is -0.353 e. The lowest BCUT2D eigenvalue weighted by Gasteiger charge is -2.27. The highest BCUT2D eigenvalue weighted by atomic mass is 19.1. The Morgan fingerprint density at radius 2 is 2.05 bits per heavy atom. The van der Waals surface area contributed by atoms with Gasteiger partial charge >= 0.3 is 0 Å². The lowest BCUT2D eigenvalue weighted by molar-refractivity contribution is -0.125. The van der Waals surface area contributed by atoms with E-state index in [0.29, 0.717) is 12.1 Å². The summed E-state index contributed by atoms with van der Waals surface area (Å²) in [5.41, 5.74) is 0.681. The molecule has 0 spiro atoms. The summed E-state index contributed by atoms with van der Waals surface area (Å²) in [7, 11) is 3.67. The fourth-order valence-corrected chi connectivity index (χ4v) is 2.98. The SMILES string of the molecule is CN(C)[C@H](C(=O)NCCN1CCCCC1)c1cccc(F)c1. The maximum Gasteiger partial charge on any atom is 0.241 e. The van der Waals surface area contributed by atoms with Crippen molar-refractivity contribution in [2.45, 2.75) is 25.3 Å². The Bertz CT molecular complexity index is 487. The van der Waals surface area contributed by atoms with Crippen molar-refractivity contribution in [1.82, 2.24) is 15.1 Å². The number of carbonyl (C=O) groups is 1. The van der Waals surface area contributed by atoms with Gasteiger partial charge in [-0.25, -0.2) is 4.39 Å². The molecule has 1 aromatic carbocycles. The van der Waals surface area contributed by atoms with Gasteiger partial charge in [0.2, 0.25) is 5.91 Å². The standard InChI is InChI=1S/C17H26FN3O/c1-20(2)16(14-7-6-8-15(18)13-14)17(22)19-9-12-21-10-4-3-5-11-21/h6-8,13,16H,3-5,9-12H2,1-2H3,(H,19,22)/t16-/m0/s1. The summed E-state index contributed by atoms with van der Waals surface area (Å²) >= 11 is 0. The number of halogens is 1. The Balaban J connectivity index is 1.89. The summed E-state index contributed by atoms with van der Waals surface area (Å²) in [6.07, 6.45) is 3.81. The number of benzene rings is 1. The molecule has 0 radical (unpaired) electrons. The molecule has 1 aromatic rings. The summed E-state index contributed by atoms with van der Waals surface area (Å²) in [6.45, 7) is 3.77. The second-order valence-corrected chi connectivity index (χ2v) is 6.11. The van der Waals surface area contributed by atoms with Crippen LogP contribution >= 0.6 is 0 Å². The van der Waals surface area contributed by atoms with Crippen LogP contribution in [0.5, 0.6) is 0 Å². The number of hydrogen-bond acceptors (Lipinski definition) is 3. The molecule has 22 heavy (non-hydrogen) atoms. The average molecular weight is 307 g/mol. The van der Waals surface area contributed by atoms with Gasteiger partial charge in [-0.2, -0.15) is 0 Å². The number of likely N-dealkylation sites (tertiary alicyclic amines) is 1. The third-order valence-electron chi connectivity index (χ3n) is 4.11. The Hall–Kier alpha value is -1.46. The van der Waals surface area contributed by atoms with E-state index in [1.54, 1.807) is 12.1 Å². The van der Waals surface area contributed by atoms with E-state index in [4.69, 9.17) is 0 Å². The number of nitrogens with one attached hydrogen (secondary N) is 1. The number of amides is 1. The smallest absolute Gasteiger partial charge is 0.241 e. The van der Waals surface area contributed by atoms with E-state index < -0.39 is 6.04 Å². The fraction of sp³-hybridized carbons (Fsp3) is 0.588. The highest BCUT2D eigenvalue weighted by Crippen LogP contribution is 2.19. The molecule has 0 unspecified atom stereocenters. The van der Waals surface area contributed by atoms with Gasteiger partial charge in [-0.05, 0) is 57.7 Å². The predicted octanol–water partition coefficient (Wildman–Crippen LogP) is 2.03. The summed E-state index contributed by atoms with van der Waals surface area (Å²) in [5.74, 6) is -0.391. The molecule has 0 aliphatic carbocycles. The first-order chi connectivity index (χ1) is 10.6. The van der Waals surface area contributed by atoms with Crippen LogP contribution in [0.4, 0.5) is 4.39 Å². The van der Waals surface area contributed by atoms with Crippen LogP contribution in [0.1, 0.15) is 30.9 Å². The minimum atomic E-state index is -0.461. The second kappa shape index (κ2) is 8.25. The maximum absolute atomic E-state index is 13.4. The van der Waals surface area contributed by atoms with Crippen molar-refractivity contribution in [3.05, 3.63) is 35.6 Å². The number of nitrogens with zero attached hydrogens (tertiary/aromatic N) is 2. The molecule has 1 aliphatic heterocycles. The van der Waals surface area contributed by atoms with Crippen molar-refractivity contribution in [3.63, 3.8) is 0 Å². The monoisotopic (exact) mass is 307 g/mol. The molecule has 1 atom stereocenters. The van der Waals surface area contributed by atoms with E-state index in [9.17, 15) is 9.18 Å². The molecule has 5 heteroatoms. The van der Waals surface area contributed by atoms with Crippen LogP contribution in [0, 0.1) is 5.82 Å². The largest absolute Gasteiger partial charge is 0.353 e. The van der Waals surface area contributed by atoms with Crippen molar-refractivity contribution in [3.8, 4) is 0 Å². The summed E-state index contributed by atoms with van der Waals surface area (Å²) in [6, 6.07) is 5.79. The molecule has 1 aliphatic rings. The molecule has 0 bridgehead atoms. The molecule has 1 heterocycles. The molecule has 0 saturated carbocycles. The van der Waals surface area contributed by atoms with Gasteiger partial charge in [-0.3, -0.25) is 9.69 Å². The lowest BCUT2D eigenvalue weighted by Crippen LogP contribution is -2.42. The number of rotatable bonds is 6. The normalized spacial score (nSPS) is 17.5. The number of likely N-dealkylation sites (N-methyl/N-ethyl adjacent to an activating group) is 1. The first kappa shape index (κ1) is 16.9. The van der Waals surface area contributed by atoms with Crippen LogP contribution in [-0.4, -0.2) is 56.0 Å². The van der Waals surface area contributed by atoms with Gasteiger partial charge in [0.1, 0.15) is 11.9 Å². The summed E-state index contributed by atoms with van der Waals surface area (Å²) in [5, 5.41) is 2.98. The zero-order valence-corrected chi connectivity index (χ0v) is 13.5. The molecule has 1 N–H and O–H groups in total. The topological polar surface area (TPSA) is 35.6 Å². The average Bonchev–Trinajstić information content (AvgIpc) is 2.48. The van der Waals surface area contributed by atoms with Crippen LogP contribution in [0.3, 0.4) is 0 Å². The van der Waals surface area contributed by atoms with Gasteiger partial charge in [0.05, 0.1) is 0 Å². The minimum absolute atomic E-state index is 0.0763. The van der Waals surface area contributed by atoms with Crippen LogP contribution in [0.2, 0.25) is 0 Å². The highest BCUT2D eigenvalue weighted by Gasteiger charge is 2.23. The van der Waals surface area contributed by atoms with Gasteiger partial charge in [-0.1, -0.05) is 18.6 Å². The second-order valence-electron chi connectivity index (χ2n) is 6.11. The van der Waals surface area contributed by atoms with Gasteiger partial charge in [0, 0.05) is 13.1 Å².